The number of aromatic nitrogens is 1. The van der Waals surface area contributed by atoms with Crippen LogP contribution in [0.1, 0.15) is 19.4 Å². The number of hydrogen-bond donors (Lipinski definition) is 2. The second-order valence-corrected chi connectivity index (χ2v) is 6.55. The minimum atomic E-state index is -0.283. The van der Waals surface area contributed by atoms with Crippen LogP contribution in [0, 0.1) is 5.82 Å². The standard InChI is InChI=1S/C18H24FN3O2/c1-12-10-22(11-13(2)24-12)6-5-20-18(23)7-14-9-21-17-8-15(19)3-4-16(14)17/h3-4,8-9,12-13,21H,5-7,10-11H2,1-2H3,(H,20,23)/t12-,13+. The lowest BCUT2D eigenvalue weighted by atomic mass is 10.1. The lowest BCUT2D eigenvalue weighted by Crippen LogP contribution is -2.48. The Morgan fingerprint density at radius 2 is 2.12 bits per heavy atom. The Kier molecular flexibility index (Phi) is 5.16. The number of morpholine rings is 1. The summed E-state index contributed by atoms with van der Waals surface area (Å²) in [4.78, 5) is 17.5. The number of nitrogens with zero attached hydrogens (tertiary/aromatic N) is 1. The van der Waals surface area contributed by atoms with E-state index in [1.165, 1.54) is 12.1 Å². The molecule has 6 heteroatoms. The van der Waals surface area contributed by atoms with Crippen LogP contribution in [0.3, 0.4) is 0 Å². The molecule has 1 amide bonds. The van der Waals surface area contributed by atoms with E-state index in [2.05, 4.69) is 29.0 Å². The molecule has 1 aromatic heterocycles. The lowest BCUT2D eigenvalue weighted by molar-refractivity contribution is -0.120. The van der Waals surface area contributed by atoms with Gasteiger partial charge in [0, 0.05) is 43.3 Å². The van der Waals surface area contributed by atoms with Crippen molar-refractivity contribution < 1.29 is 13.9 Å². The van der Waals surface area contributed by atoms with Crippen molar-refractivity contribution in [3.63, 3.8) is 0 Å². The minimum absolute atomic E-state index is 0.0189. The molecule has 5 nitrogen and oxygen atoms in total. The van der Waals surface area contributed by atoms with Crippen molar-refractivity contribution in [2.24, 2.45) is 0 Å². The maximum Gasteiger partial charge on any atom is 0.224 e. The number of halogens is 1. The molecule has 2 aromatic rings. The third kappa shape index (κ3) is 4.13. The number of fused-ring (bicyclic) bond motifs is 1. The first-order valence-corrected chi connectivity index (χ1v) is 8.41. The molecule has 2 atom stereocenters. The molecule has 0 unspecified atom stereocenters. The fourth-order valence-corrected chi connectivity index (χ4v) is 3.36. The van der Waals surface area contributed by atoms with Gasteiger partial charge in [-0.25, -0.2) is 4.39 Å². The second kappa shape index (κ2) is 7.32. The SMILES string of the molecule is C[C@@H]1CN(CCNC(=O)Cc2c[nH]c3cc(F)ccc23)C[C@H](C)O1. The molecule has 1 saturated heterocycles. The van der Waals surface area contributed by atoms with Crippen LogP contribution >= 0.6 is 0 Å². The Labute approximate surface area is 141 Å². The zero-order chi connectivity index (χ0) is 17.1. The molecular weight excluding hydrogens is 309 g/mol. The summed E-state index contributed by atoms with van der Waals surface area (Å²) in [6, 6.07) is 4.57. The average molecular weight is 333 g/mol. The van der Waals surface area contributed by atoms with E-state index in [1.807, 2.05) is 0 Å². The summed E-state index contributed by atoms with van der Waals surface area (Å²) >= 11 is 0. The summed E-state index contributed by atoms with van der Waals surface area (Å²) in [6.07, 6.45) is 2.53. The number of nitrogens with one attached hydrogen (secondary N) is 2. The van der Waals surface area contributed by atoms with Crippen LogP contribution in [0.15, 0.2) is 24.4 Å². The highest BCUT2D eigenvalue weighted by molar-refractivity contribution is 5.88. The van der Waals surface area contributed by atoms with Gasteiger partial charge in [-0.2, -0.15) is 0 Å². The Morgan fingerprint density at radius 1 is 1.38 bits per heavy atom. The van der Waals surface area contributed by atoms with Gasteiger partial charge in [0.2, 0.25) is 5.91 Å². The van der Waals surface area contributed by atoms with Crippen molar-refractivity contribution in [2.45, 2.75) is 32.5 Å². The predicted molar refractivity (Wildman–Crippen MR) is 91.4 cm³/mol. The van der Waals surface area contributed by atoms with Gasteiger partial charge in [-0.1, -0.05) is 0 Å². The molecule has 0 bridgehead atoms. The van der Waals surface area contributed by atoms with E-state index in [1.54, 1.807) is 12.3 Å². The van der Waals surface area contributed by atoms with Gasteiger partial charge in [0.25, 0.3) is 0 Å². The Balaban J connectivity index is 1.48. The van der Waals surface area contributed by atoms with Crippen molar-refractivity contribution >= 4 is 16.8 Å². The summed E-state index contributed by atoms with van der Waals surface area (Å²) in [7, 11) is 0. The van der Waals surface area contributed by atoms with E-state index in [0.717, 1.165) is 30.6 Å². The highest BCUT2D eigenvalue weighted by atomic mass is 19.1. The summed E-state index contributed by atoms with van der Waals surface area (Å²) in [5, 5.41) is 3.86. The normalized spacial score (nSPS) is 22.0. The molecule has 130 valence electrons. The molecule has 1 aliphatic heterocycles. The Hall–Kier alpha value is -1.92. The van der Waals surface area contributed by atoms with Crippen LogP contribution in [0.25, 0.3) is 10.9 Å². The van der Waals surface area contributed by atoms with E-state index in [0.29, 0.717) is 18.5 Å². The first-order valence-electron chi connectivity index (χ1n) is 8.41. The quantitative estimate of drug-likeness (QED) is 0.881. The van der Waals surface area contributed by atoms with E-state index in [-0.39, 0.29) is 23.9 Å². The highest BCUT2D eigenvalue weighted by Gasteiger charge is 2.21. The molecule has 0 spiro atoms. The molecule has 2 heterocycles. The third-order valence-corrected chi connectivity index (χ3v) is 4.33. The largest absolute Gasteiger partial charge is 0.373 e. The smallest absolute Gasteiger partial charge is 0.224 e. The molecule has 2 N–H and O–H groups in total. The molecule has 24 heavy (non-hydrogen) atoms. The van der Waals surface area contributed by atoms with Crippen molar-refractivity contribution in [3.8, 4) is 0 Å². The van der Waals surface area contributed by atoms with Crippen LogP contribution in [0.5, 0.6) is 0 Å². The van der Waals surface area contributed by atoms with Gasteiger partial charge >= 0.3 is 0 Å². The number of benzene rings is 1. The van der Waals surface area contributed by atoms with Gasteiger partial charge < -0.3 is 15.0 Å². The molecule has 0 radical (unpaired) electrons. The topological polar surface area (TPSA) is 57.4 Å². The number of carbonyl (C=O) groups is 1. The fraction of sp³-hybridized carbons (Fsp3) is 0.500. The molecular formula is C18H24FN3O2. The summed E-state index contributed by atoms with van der Waals surface area (Å²) in [5.41, 5.74) is 1.60. The first-order chi connectivity index (χ1) is 11.5. The Bertz CT molecular complexity index is 705. The average Bonchev–Trinajstić information content (AvgIpc) is 2.88. The van der Waals surface area contributed by atoms with Crippen molar-refractivity contribution in [2.75, 3.05) is 26.2 Å². The molecule has 3 rings (SSSR count). The molecule has 1 aromatic carbocycles. The van der Waals surface area contributed by atoms with Gasteiger partial charge in [0.05, 0.1) is 18.6 Å². The van der Waals surface area contributed by atoms with Crippen molar-refractivity contribution in [1.29, 1.82) is 0 Å². The zero-order valence-electron chi connectivity index (χ0n) is 14.1. The third-order valence-electron chi connectivity index (χ3n) is 4.33. The van der Waals surface area contributed by atoms with E-state index in [4.69, 9.17) is 4.74 Å². The zero-order valence-corrected chi connectivity index (χ0v) is 14.1. The van der Waals surface area contributed by atoms with Crippen LogP contribution in [-0.4, -0.2) is 54.2 Å². The number of amides is 1. The van der Waals surface area contributed by atoms with Gasteiger partial charge in [-0.15, -0.1) is 0 Å². The maximum absolute atomic E-state index is 13.2. The maximum atomic E-state index is 13.2. The number of H-pyrrole nitrogens is 1. The predicted octanol–water partition coefficient (Wildman–Crippen LogP) is 2.07. The molecule has 1 fully saturated rings. The monoisotopic (exact) mass is 333 g/mol. The fourth-order valence-electron chi connectivity index (χ4n) is 3.36. The van der Waals surface area contributed by atoms with Gasteiger partial charge in [-0.05, 0) is 37.6 Å². The summed E-state index contributed by atoms with van der Waals surface area (Å²) < 4.78 is 18.9. The van der Waals surface area contributed by atoms with Crippen LogP contribution < -0.4 is 5.32 Å². The second-order valence-electron chi connectivity index (χ2n) is 6.55. The number of ether oxygens (including phenoxy) is 1. The molecule has 1 aliphatic rings. The van der Waals surface area contributed by atoms with Crippen LogP contribution in [0.2, 0.25) is 0 Å². The van der Waals surface area contributed by atoms with E-state index >= 15 is 0 Å². The first kappa shape index (κ1) is 16.9. The summed E-state index contributed by atoms with van der Waals surface area (Å²) in [5.74, 6) is -0.302. The number of hydrogen-bond acceptors (Lipinski definition) is 3. The number of rotatable bonds is 5. The van der Waals surface area contributed by atoms with Crippen molar-refractivity contribution in [3.05, 3.63) is 35.8 Å². The molecule has 0 aliphatic carbocycles. The number of aromatic amines is 1. The van der Waals surface area contributed by atoms with E-state index in [9.17, 15) is 9.18 Å². The van der Waals surface area contributed by atoms with Gasteiger partial charge in [-0.3, -0.25) is 9.69 Å². The summed E-state index contributed by atoms with van der Waals surface area (Å²) in [6.45, 7) is 7.38. The van der Waals surface area contributed by atoms with Crippen molar-refractivity contribution in [1.82, 2.24) is 15.2 Å². The van der Waals surface area contributed by atoms with Crippen LogP contribution in [0.4, 0.5) is 4.39 Å². The Morgan fingerprint density at radius 3 is 2.88 bits per heavy atom. The van der Waals surface area contributed by atoms with E-state index < -0.39 is 0 Å². The molecule has 0 saturated carbocycles. The lowest BCUT2D eigenvalue weighted by Gasteiger charge is -2.35. The highest BCUT2D eigenvalue weighted by Crippen LogP contribution is 2.19. The van der Waals surface area contributed by atoms with Gasteiger partial charge in [0.1, 0.15) is 5.82 Å². The number of carbonyl (C=O) groups excluding carboxylic acids is 1. The van der Waals surface area contributed by atoms with Crippen LogP contribution in [-0.2, 0) is 16.0 Å². The minimum Gasteiger partial charge on any atom is -0.373 e. The van der Waals surface area contributed by atoms with Gasteiger partial charge in [0.15, 0.2) is 0 Å².